The molecular weight excluding hydrogens is 506 g/mol. The average molecular weight is 527 g/mol. The SMILES string of the molecule is O=S(=O)(NCCCNc1nccc(-c2c(-c3ccc(F)cc3)nc3sccn23)n1)c1ccc(F)cc1. The maximum absolute atomic E-state index is 13.5. The smallest absolute Gasteiger partial charge is 0.240 e. The molecule has 12 heteroatoms. The van der Waals surface area contributed by atoms with Crippen molar-refractivity contribution in [1.82, 2.24) is 24.1 Å². The van der Waals surface area contributed by atoms with E-state index in [1.165, 1.54) is 35.6 Å². The summed E-state index contributed by atoms with van der Waals surface area (Å²) in [5.41, 5.74) is 2.84. The molecule has 0 unspecified atom stereocenters. The molecule has 0 fully saturated rings. The number of imidazole rings is 1. The number of nitrogens with zero attached hydrogens (tertiary/aromatic N) is 4. The van der Waals surface area contributed by atoms with Gasteiger partial charge in [-0.1, -0.05) is 0 Å². The van der Waals surface area contributed by atoms with Gasteiger partial charge in [-0.05, 0) is 61.0 Å². The number of thiazole rings is 1. The summed E-state index contributed by atoms with van der Waals surface area (Å²) < 4.78 is 55.5. The Balaban J connectivity index is 1.27. The molecule has 0 radical (unpaired) electrons. The quantitative estimate of drug-likeness (QED) is 0.273. The van der Waals surface area contributed by atoms with Gasteiger partial charge in [-0.25, -0.2) is 36.9 Å². The number of hydrogen-bond acceptors (Lipinski definition) is 7. The van der Waals surface area contributed by atoms with Crippen LogP contribution in [0.2, 0.25) is 0 Å². The predicted molar refractivity (Wildman–Crippen MR) is 134 cm³/mol. The van der Waals surface area contributed by atoms with E-state index in [1.54, 1.807) is 24.4 Å². The van der Waals surface area contributed by atoms with Crippen LogP contribution in [0.4, 0.5) is 14.7 Å². The van der Waals surface area contributed by atoms with Crippen molar-refractivity contribution in [3.63, 3.8) is 0 Å². The molecule has 5 aromatic rings. The first kappa shape index (κ1) is 24.0. The summed E-state index contributed by atoms with van der Waals surface area (Å²) in [4.78, 5) is 14.4. The number of anilines is 1. The molecule has 3 heterocycles. The molecule has 8 nitrogen and oxygen atoms in total. The zero-order chi connectivity index (χ0) is 25.1. The molecule has 5 rings (SSSR count). The van der Waals surface area contributed by atoms with Crippen LogP contribution in [0.1, 0.15) is 6.42 Å². The highest BCUT2D eigenvalue weighted by Crippen LogP contribution is 2.33. The van der Waals surface area contributed by atoms with Gasteiger partial charge < -0.3 is 5.32 Å². The van der Waals surface area contributed by atoms with E-state index in [-0.39, 0.29) is 17.3 Å². The highest BCUT2D eigenvalue weighted by molar-refractivity contribution is 7.89. The fraction of sp³-hybridized carbons (Fsp3) is 0.125. The van der Waals surface area contributed by atoms with Crippen molar-refractivity contribution in [1.29, 1.82) is 0 Å². The molecule has 2 N–H and O–H groups in total. The number of aromatic nitrogens is 4. The van der Waals surface area contributed by atoms with E-state index in [9.17, 15) is 17.2 Å². The number of fused-ring (bicyclic) bond motifs is 1. The molecule has 0 spiro atoms. The number of hydrogen-bond donors (Lipinski definition) is 2. The Morgan fingerprint density at radius 3 is 2.39 bits per heavy atom. The Kier molecular flexibility index (Phi) is 6.72. The zero-order valence-electron chi connectivity index (χ0n) is 18.7. The number of rotatable bonds is 9. The lowest BCUT2D eigenvalue weighted by Gasteiger charge is -2.09. The minimum absolute atomic E-state index is 0.00500. The maximum Gasteiger partial charge on any atom is 0.240 e. The summed E-state index contributed by atoms with van der Waals surface area (Å²) in [5, 5.41) is 5.03. The first-order valence-corrected chi connectivity index (χ1v) is 13.3. The van der Waals surface area contributed by atoms with Gasteiger partial charge in [0.25, 0.3) is 0 Å². The summed E-state index contributed by atoms with van der Waals surface area (Å²) in [5.74, 6) is -0.445. The van der Waals surface area contributed by atoms with Gasteiger partial charge in [-0.2, -0.15) is 0 Å². The Labute approximate surface area is 209 Å². The van der Waals surface area contributed by atoms with Crippen LogP contribution in [0, 0.1) is 11.6 Å². The second-order valence-corrected chi connectivity index (χ2v) is 10.4. The Morgan fingerprint density at radius 2 is 1.64 bits per heavy atom. The van der Waals surface area contributed by atoms with Crippen molar-refractivity contribution < 1.29 is 17.2 Å². The molecule has 0 atom stereocenters. The van der Waals surface area contributed by atoms with Gasteiger partial charge in [0.2, 0.25) is 16.0 Å². The molecule has 0 aliphatic rings. The average Bonchev–Trinajstić information content (AvgIpc) is 3.46. The van der Waals surface area contributed by atoms with E-state index in [0.29, 0.717) is 30.3 Å². The fourth-order valence-corrected chi connectivity index (χ4v) is 5.40. The lowest BCUT2D eigenvalue weighted by molar-refractivity contribution is 0.579. The highest BCUT2D eigenvalue weighted by Gasteiger charge is 2.18. The van der Waals surface area contributed by atoms with Crippen LogP contribution >= 0.6 is 11.3 Å². The van der Waals surface area contributed by atoms with Gasteiger partial charge >= 0.3 is 0 Å². The molecule has 3 aromatic heterocycles. The summed E-state index contributed by atoms with van der Waals surface area (Å²) in [6.45, 7) is 0.597. The van der Waals surface area contributed by atoms with Crippen LogP contribution < -0.4 is 10.0 Å². The van der Waals surface area contributed by atoms with E-state index in [0.717, 1.165) is 28.4 Å². The maximum atomic E-state index is 13.5. The molecule has 2 aromatic carbocycles. The van der Waals surface area contributed by atoms with Gasteiger partial charge in [0.05, 0.1) is 16.3 Å². The minimum Gasteiger partial charge on any atom is -0.354 e. The van der Waals surface area contributed by atoms with Crippen molar-refractivity contribution in [3.05, 3.63) is 84.0 Å². The molecular formula is C24H20F2N6O2S2. The summed E-state index contributed by atoms with van der Waals surface area (Å²) in [6.07, 6.45) is 4.00. The fourth-order valence-electron chi connectivity index (χ4n) is 3.61. The molecule has 184 valence electrons. The van der Waals surface area contributed by atoms with Gasteiger partial charge in [0, 0.05) is 36.4 Å². The third kappa shape index (κ3) is 5.10. The molecule has 0 aliphatic carbocycles. The monoisotopic (exact) mass is 526 g/mol. The van der Waals surface area contributed by atoms with Crippen molar-refractivity contribution in [2.75, 3.05) is 18.4 Å². The molecule has 0 bridgehead atoms. The number of benzene rings is 2. The lowest BCUT2D eigenvalue weighted by Crippen LogP contribution is -2.26. The minimum atomic E-state index is -3.72. The molecule has 0 amide bonds. The number of sulfonamides is 1. The van der Waals surface area contributed by atoms with Crippen LogP contribution in [-0.4, -0.2) is 40.9 Å². The van der Waals surface area contributed by atoms with Crippen LogP contribution in [0.3, 0.4) is 0 Å². The van der Waals surface area contributed by atoms with Crippen LogP contribution in [-0.2, 0) is 10.0 Å². The van der Waals surface area contributed by atoms with Crippen LogP contribution in [0.25, 0.3) is 27.6 Å². The molecule has 36 heavy (non-hydrogen) atoms. The number of nitrogens with one attached hydrogen (secondary N) is 2. The van der Waals surface area contributed by atoms with Crippen molar-refractivity contribution in [2.45, 2.75) is 11.3 Å². The highest BCUT2D eigenvalue weighted by atomic mass is 32.2. The summed E-state index contributed by atoms with van der Waals surface area (Å²) in [6, 6.07) is 12.6. The van der Waals surface area contributed by atoms with Crippen LogP contribution in [0.15, 0.2) is 77.3 Å². The first-order chi connectivity index (χ1) is 17.4. The first-order valence-electron chi connectivity index (χ1n) is 10.9. The van der Waals surface area contributed by atoms with E-state index in [4.69, 9.17) is 4.98 Å². The van der Waals surface area contributed by atoms with Crippen molar-refractivity contribution >= 4 is 32.3 Å². The second kappa shape index (κ2) is 10.1. The summed E-state index contributed by atoms with van der Waals surface area (Å²) >= 11 is 1.48. The molecule has 0 saturated heterocycles. The van der Waals surface area contributed by atoms with Gasteiger partial charge in [0.1, 0.15) is 17.3 Å². The Morgan fingerprint density at radius 1 is 0.917 bits per heavy atom. The molecule has 0 saturated carbocycles. The second-order valence-electron chi connectivity index (χ2n) is 7.77. The van der Waals surface area contributed by atoms with Crippen molar-refractivity contribution in [3.8, 4) is 22.6 Å². The standard InChI is InChI=1S/C24H20F2N6O2S2/c25-17-4-2-16(3-5-17)21-22(32-14-15-35-24(32)31-21)20-10-13-28-23(30-20)27-11-1-12-29-36(33,34)19-8-6-18(26)7-9-19/h2-10,13-15,29H,1,11-12H2,(H,27,28,30). The summed E-state index contributed by atoms with van der Waals surface area (Å²) in [7, 11) is -3.72. The third-order valence-corrected chi connectivity index (χ3v) is 7.56. The molecule has 0 aliphatic heterocycles. The number of halogens is 2. The van der Waals surface area contributed by atoms with Gasteiger partial charge in [0.15, 0.2) is 4.96 Å². The van der Waals surface area contributed by atoms with E-state index in [1.807, 2.05) is 16.0 Å². The van der Waals surface area contributed by atoms with Gasteiger partial charge in [-0.15, -0.1) is 11.3 Å². The zero-order valence-corrected chi connectivity index (χ0v) is 20.4. The lowest BCUT2D eigenvalue weighted by atomic mass is 10.1. The largest absolute Gasteiger partial charge is 0.354 e. The van der Waals surface area contributed by atoms with Crippen molar-refractivity contribution in [2.24, 2.45) is 0 Å². The third-order valence-electron chi connectivity index (χ3n) is 5.33. The predicted octanol–water partition coefficient (Wildman–Crippen LogP) is 4.58. The Hall–Kier alpha value is -3.74. The topological polar surface area (TPSA) is 101 Å². The van der Waals surface area contributed by atoms with Crippen LogP contribution in [0.5, 0.6) is 0 Å². The van der Waals surface area contributed by atoms with E-state index >= 15 is 0 Å². The van der Waals surface area contributed by atoms with Gasteiger partial charge in [-0.3, -0.25) is 4.40 Å². The normalized spacial score (nSPS) is 11.7. The Bertz CT molecular complexity index is 1600. The van der Waals surface area contributed by atoms with E-state index in [2.05, 4.69) is 20.0 Å². The van der Waals surface area contributed by atoms with E-state index < -0.39 is 15.8 Å².